The van der Waals surface area contributed by atoms with E-state index in [9.17, 15) is 9.90 Å². The molecule has 1 aromatic carbocycles. The van der Waals surface area contributed by atoms with E-state index < -0.39 is 6.10 Å². The minimum Gasteiger partial charge on any atom is -0.382 e. The first-order valence-electron chi connectivity index (χ1n) is 5.73. The monoisotopic (exact) mass is 236 g/mol. The second-order valence-corrected chi connectivity index (χ2v) is 4.25. The van der Waals surface area contributed by atoms with E-state index in [4.69, 9.17) is 5.73 Å². The number of nitrogens with two attached hydrogens (primary N) is 1. The second kappa shape index (κ2) is 6.37. The molecule has 1 unspecified atom stereocenters. The Hall–Kier alpha value is -1.39. The van der Waals surface area contributed by atoms with Crippen molar-refractivity contribution in [2.24, 2.45) is 5.73 Å². The summed E-state index contributed by atoms with van der Waals surface area (Å²) in [6.45, 7) is 2.59. The maximum Gasteiger partial charge on any atom is 0.252 e. The molecule has 1 amide bonds. The van der Waals surface area contributed by atoms with Crippen molar-refractivity contribution in [2.45, 2.75) is 19.4 Å². The zero-order valence-electron chi connectivity index (χ0n) is 10.4. The van der Waals surface area contributed by atoms with Crippen molar-refractivity contribution in [1.29, 1.82) is 0 Å². The third-order valence-corrected chi connectivity index (χ3v) is 2.74. The number of aryl methyl sites for hydroxylation is 1. The Morgan fingerprint density at radius 1 is 1.41 bits per heavy atom. The number of carbonyl (C=O) groups excluding carboxylic acids is 1. The van der Waals surface area contributed by atoms with E-state index in [-0.39, 0.29) is 12.5 Å². The van der Waals surface area contributed by atoms with Gasteiger partial charge in [-0.1, -0.05) is 29.8 Å². The zero-order valence-corrected chi connectivity index (χ0v) is 10.4. The molecule has 0 aliphatic rings. The fraction of sp³-hybridized carbons (Fsp3) is 0.462. The predicted molar refractivity (Wildman–Crippen MR) is 67.6 cm³/mol. The van der Waals surface area contributed by atoms with Gasteiger partial charge in [-0.2, -0.15) is 0 Å². The molecule has 0 aliphatic carbocycles. The third kappa shape index (κ3) is 4.17. The van der Waals surface area contributed by atoms with Crippen molar-refractivity contribution >= 4 is 5.91 Å². The first-order chi connectivity index (χ1) is 8.04. The van der Waals surface area contributed by atoms with Crippen LogP contribution in [0.1, 0.15) is 11.1 Å². The van der Waals surface area contributed by atoms with Crippen LogP contribution in [0.25, 0.3) is 0 Å². The summed E-state index contributed by atoms with van der Waals surface area (Å²) < 4.78 is 0. The summed E-state index contributed by atoms with van der Waals surface area (Å²) >= 11 is 0. The maximum absolute atomic E-state index is 11.5. The number of hydrogen-bond donors (Lipinski definition) is 2. The van der Waals surface area contributed by atoms with Crippen molar-refractivity contribution < 1.29 is 9.90 Å². The van der Waals surface area contributed by atoms with Gasteiger partial charge >= 0.3 is 0 Å². The molecule has 1 aromatic rings. The highest BCUT2D eigenvalue weighted by atomic mass is 16.3. The lowest BCUT2D eigenvalue weighted by atomic mass is 10.1. The molecule has 1 atom stereocenters. The van der Waals surface area contributed by atoms with E-state index in [0.29, 0.717) is 6.54 Å². The first-order valence-corrected chi connectivity index (χ1v) is 5.73. The number of likely N-dealkylation sites (N-methyl/N-ethyl adjacent to an activating group) is 1. The van der Waals surface area contributed by atoms with Crippen LogP contribution in [0.15, 0.2) is 24.3 Å². The van der Waals surface area contributed by atoms with Gasteiger partial charge in [0.1, 0.15) is 6.10 Å². The zero-order chi connectivity index (χ0) is 12.8. The number of amides is 1. The molecule has 0 aliphatic heterocycles. The second-order valence-electron chi connectivity index (χ2n) is 4.25. The van der Waals surface area contributed by atoms with Crippen LogP contribution >= 0.6 is 0 Å². The topological polar surface area (TPSA) is 66.6 Å². The fourth-order valence-corrected chi connectivity index (χ4v) is 1.52. The Labute approximate surface area is 102 Å². The van der Waals surface area contributed by atoms with Crippen LogP contribution in [0.2, 0.25) is 0 Å². The largest absolute Gasteiger partial charge is 0.382 e. The molecule has 1 rings (SSSR count). The van der Waals surface area contributed by atoms with Gasteiger partial charge in [0.05, 0.1) is 0 Å². The molecule has 3 N–H and O–H groups in total. The summed E-state index contributed by atoms with van der Waals surface area (Å²) in [5, 5.41) is 9.31. The normalized spacial score (nSPS) is 12.2. The van der Waals surface area contributed by atoms with Crippen LogP contribution in [0.5, 0.6) is 0 Å². The van der Waals surface area contributed by atoms with E-state index in [1.54, 1.807) is 7.05 Å². The Bertz CT molecular complexity index is 362. The third-order valence-electron chi connectivity index (χ3n) is 2.74. The van der Waals surface area contributed by atoms with E-state index in [2.05, 4.69) is 0 Å². The average Bonchev–Trinajstić information content (AvgIpc) is 2.35. The lowest BCUT2D eigenvalue weighted by molar-refractivity contribution is -0.138. The molecule has 0 radical (unpaired) electrons. The van der Waals surface area contributed by atoms with Gasteiger partial charge in [-0.3, -0.25) is 4.79 Å². The lowest BCUT2D eigenvalue weighted by Crippen LogP contribution is -2.41. The first kappa shape index (κ1) is 13.7. The summed E-state index contributed by atoms with van der Waals surface area (Å²) in [5.41, 5.74) is 7.63. The van der Waals surface area contributed by atoms with Crippen LogP contribution in [-0.2, 0) is 11.2 Å². The van der Waals surface area contributed by atoms with Crippen molar-refractivity contribution in [3.63, 3.8) is 0 Å². The Morgan fingerprint density at radius 2 is 2.00 bits per heavy atom. The average molecular weight is 236 g/mol. The van der Waals surface area contributed by atoms with Crippen LogP contribution in [0, 0.1) is 6.92 Å². The molecule has 94 valence electrons. The molecule has 17 heavy (non-hydrogen) atoms. The molecule has 0 spiro atoms. The molecule has 0 saturated carbocycles. The maximum atomic E-state index is 11.5. The molecular weight excluding hydrogens is 216 g/mol. The van der Waals surface area contributed by atoms with Gasteiger partial charge < -0.3 is 15.7 Å². The standard InChI is InChI=1S/C13H20N2O2/c1-10-3-5-11(6-4-10)7-8-15(2)13(17)12(16)9-14/h3-6,12,16H,7-9,14H2,1-2H3. The highest BCUT2D eigenvalue weighted by molar-refractivity contribution is 5.80. The van der Waals surface area contributed by atoms with Crippen molar-refractivity contribution in [3.05, 3.63) is 35.4 Å². The molecule has 4 nitrogen and oxygen atoms in total. The van der Waals surface area contributed by atoms with E-state index in [1.807, 2.05) is 31.2 Å². The van der Waals surface area contributed by atoms with Gasteiger partial charge in [-0.25, -0.2) is 0 Å². The number of aliphatic hydroxyl groups is 1. The summed E-state index contributed by atoms with van der Waals surface area (Å²) in [7, 11) is 1.68. The van der Waals surface area contributed by atoms with Crippen LogP contribution < -0.4 is 5.73 Å². The summed E-state index contributed by atoms with van der Waals surface area (Å²) in [5.74, 6) is -0.320. The van der Waals surface area contributed by atoms with Crippen molar-refractivity contribution in [1.82, 2.24) is 4.90 Å². The van der Waals surface area contributed by atoms with E-state index >= 15 is 0 Å². The van der Waals surface area contributed by atoms with E-state index in [0.717, 1.165) is 6.42 Å². The minimum absolute atomic E-state index is 0.0340. The van der Waals surface area contributed by atoms with E-state index in [1.165, 1.54) is 16.0 Å². The van der Waals surface area contributed by atoms with Crippen LogP contribution in [-0.4, -0.2) is 42.2 Å². The predicted octanol–water partition coefficient (Wildman–Crippen LogP) is 0.316. The lowest BCUT2D eigenvalue weighted by Gasteiger charge is -2.19. The number of nitrogens with zero attached hydrogens (tertiary/aromatic N) is 1. The molecule has 4 heteroatoms. The molecule has 0 saturated heterocycles. The van der Waals surface area contributed by atoms with Gasteiger partial charge in [0.2, 0.25) is 0 Å². The van der Waals surface area contributed by atoms with Crippen molar-refractivity contribution in [2.75, 3.05) is 20.1 Å². The Kier molecular flexibility index (Phi) is 5.12. The number of rotatable bonds is 5. The number of hydrogen-bond acceptors (Lipinski definition) is 3. The Balaban J connectivity index is 2.45. The van der Waals surface area contributed by atoms with Crippen molar-refractivity contribution in [3.8, 4) is 0 Å². The number of aliphatic hydroxyl groups excluding tert-OH is 1. The SMILES string of the molecule is Cc1ccc(CCN(C)C(=O)C(O)CN)cc1. The summed E-state index contributed by atoms with van der Waals surface area (Å²) in [6.07, 6.45) is -0.308. The Morgan fingerprint density at radius 3 is 2.53 bits per heavy atom. The van der Waals surface area contributed by atoms with Gasteiger partial charge in [0, 0.05) is 20.1 Å². The quantitative estimate of drug-likeness (QED) is 0.773. The molecule has 0 aromatic heterocycles. The van der Waals surface area contributed by atoms with Gasteiger partial charge in [-0.05, 0) is 18.9 Å². The summed E-state index contributed by atoms with van der Waals surface area (Å²) in [4.78, 5) is 13.1. The van der Waals surface area contributed by atoms with Crippen LogP contribution in [0.3, 0.4) is 0 Å². The molecular formula is C13H20N2O2. The van der Waals surface area contributed by atoms with Gasteiger partial charge in [0.15, 0.2) is 0 Å². The number of carbonyl (C=O) groups is 1. The highest BCUT2D eigenvalue weighted by Gasteiger charge is 2.17. The number of benzene rings is 1. The molecule has 0 fully saturated rings. The smallest absolute Gasteiger partial charge is 0.252 e. The van der Waals surface area contributed by atoms with Crippen LogP contribution in [0.4, 0.5) is 0 Å². The summed E-state index contributed by atoms with van der Waals surface area (Å²) in [6, 6.07) is 8.19. The fourth-order valence-electron chi connectivity index (χ4n) is 1.52. The highest BCUT2D eigenvalue weighted by Crippen LogP contribution is 2.04. The minimum atomic E-state index is -1.09. The van der Waals surface area contributed by atoms with Gasteiger partial charge in [-0.15, -0.1) is 0 Å². The molecule has 0 heterocycles. The molecule has 0 bridgehead atoms. The van der Waals surface area contributed by atoms with Gasteiger partial charge in [0.25, 0.3) is 5.91 Å².